The predicted octanol–water partition coefficient (Wildman–Crippen LogP) is 2.96. The zero-order valence-electron chi connectivity index (χ0n) is 13.9. The summed E-state index contributed by atoms with van der Waals surface area (Å²) in [5, 5.41) is 3.23. The van der Waals surface area contributed by atoms with Gasteiger partial charge in [0.25, 0.3) is 0 Å². The lowest BCUT2D eigenvalue weighted by Gasteiger charge is -2.10. The van der Waals surface area contributed by atoms with Gasteiger partial charge in [0, 0.05) is 23.7 Å². The van der Waals surface area contributed by atoms with Crippen molar-refractivity contribution in [2.24, 2.45) is 0 Å². The minimum absolute atomic E-state index is 0.00133. The molecule has 6 nitrogen and oxygen atoms in total. The molecule has 0 saturated heterocycles. The molecule has 0 radical (unpaired) electrons. The van der Waals surface area contributed by atoms with Crippen LogP contribution in [0.25, 0.3) is 0 Å². The molecule has 134 valence electrons. The first-order chi connectivity index (χ1) is 11.8. The summed E-state index contributed by atoms with van der Waals surface area (Å²) < 4.78 is 31.7. The van der Waals surface area contributed by atoms with E-state index in [0.717, 1.165) is 5.56 Å². The molecule has 0 fully saturated rings. The number of hydrogen-bond donors (Lipinski definition) is 2. The van der Waals surface area contributed by atoms with Gasteiger partial charge in [-0.25, -0.2) is 13.1 Å². The number of ether oxygens (including phenoxy) is 1. The van der Waals surface area contributed by atoms with E-state index in [1.165, 1.54) is 19.2 Å². The van der Waals surface area contributed by atoms with Crippen LogP contribution < -0.4 is 14.8 Å². The number of nitrogens with one attached hydrogen (secondary N) is 2. The number of halogens is 1. The number of methoxy groups -OCH3 is 1. The van der Waals surface area contributed by atoms with Gasteiger partial charge in [-0.2, -0.15) is 0 Å². The predicted molar refractivity (Wildman–Crippen MR) is 97.6 cm³/mol. The summed E-state index contributed by atoms with van der Waals surface area (Å²) in [6, 6.07) is 11.2. The van der Waals surface area contributed by atoms with E-state index in [0.29, 0.717) is 16.5 Å². The lowest BCUT2D eigenvalue weighted by Crippen LogP contribution is -2.27. The van der Waals surface area contributed by atoms with Gasteiger partial charge in [0.1, 0.15) is 5.75 Å². The van der Waals surface area contributed by atoms with Crippen molar-refractivity contribution in [1.82, 2.24) is 4.72 Å². The van der Waals surface area contributed by atoms with Crippen molar-refractivity contribution < 1.29 is 17.9 Å². The van der Waals surface area contributed by atoms with Crippen LogP contribution in [0.15, 0.2) is 47.4 Å². The van der Waals surface area contributed by atoms with E-state index >= 15 is 0 Å². The molecule has 0 aliphatic rings. The molecule has 2 N–H and O–H groups in total. The van der Waals surface area contributed by atoms with Gasteiger partial charge in [-0.05, 0) is 48.9 Å². The molecule has 0 aromatic heterocycles. The molecule has 0 aliphatic heterocycles. The monoisotopic (exact) mass is 382 g/mol. The molecule has 8 heteroatoms. The molecule has 0 aliphatic carbocycles. The molecular formula is C17H19ClN2O4S. The van der Waals surface area contributed by atoms with Gasteiger partial charge in [0.05, 0.1) is 12.0 Å². The number of amides is 1. The highest BCUT2D eigenvalue weighted by molar-refractivity contribution is 7.89. The summed E-state index contributed by atoms with van der Waals surface area (Å²) in [6.45, 7) is 1.83. The Morgan fingerprint density at radius 2 is 1.84 bits per heavy atom. The minimum Gasteiger partial charge on any atom is -0.497 e. The van der Waals surface area contributed by atoms with Crippen molar-refractivity contribution in [3.05, 3.63) is 53.1 Å². The highest BCUT2D eigenvalue weighted by Crippen LogP contribution is 2.20. The minimum atomic E-state index is -3.68. The SMILES string of the molecule is COc1ccc(S(=O)(=O)NCCC(=O)Nc2cc(Cl)ccc2C)cc1. The molecule has 1 amide bonds. The van der Waals surface area contributed by atoms with Gasteiger partial charge in [-0.1, -0.05) is 17.7 Å². The summed E-state index contributed by atoms with van der Waals surface area (Å²) in [6.07, 6.45) is 0.00133. The fourth-order valence-corrected chi connectivity index (χ4v) is 3.28. The second-order valence-electron chi connectivity index (χ2n) is 5.33. The number of hydrogen-bond acceptors (Lipinski definition) is 4. The molecular weight excluding hydrogens is 364 g/mol. The normalized spacial score (nSPS) is 11.2. The maximum atomic E-state index is 12.2. The maximum Gasteiger partial charge on any atom is 0.240 e. The van der Waals surface area contributed by atoms with Crippen molar-refractivity contribution in [3.8, 4) is 5.75 Å². The molecule has 25 heavy (non-hydrogen) atoms. The van der Waals surface area contributed by atoms with Crippen LogP contribution in [-0.4, -0.2) is 28.0 Å². The Kier molecular flexibility index (Phi) is 6.41. The van der Waals surface area contributed by atoms with Crippen molar-refractivity contribution >= 4 is 33.2 Å². The van der Waals surface area contributed by atoms with E-state index < -0.39 is 10.0 Å². The lowest BCUT2D eigenvalue weighted by molar-refractivity contribution is -0.116. The molecule has 0 atom stereocenters. The van der Waals surface area contributed by atoms with E-state index in [9.17, 15) is 13.2 Å². The van der Waals surface area contributed by atoms with Crippen LogP contribution in [-0.2, 0) is 14.8 Å². The molecule has 0 spiro atoms. The van der Waals surface area contributed by atoms with E-state index in [-0.39, 0.29) is 23.8 Å². The summed E-state index contributed by atoms with van der Waals surface area (Å²) in [7, 11) is -2.17. The van der Waals surface area contributed by atoms with Crippen LogP contribution in [0.4, 0.5) is 5.69 Å². The smallest absolute Gasteiger partial charge is 0.240 e. The Morgan fingerprint density at radius 1 is 1.16 bits per heavy atom. The summed E-state index contributed by atoms with van der Waals surface area (Å²) >= 11 is 5.90. The van der Waals surface area contributed by atoms with Crippen LogP contribution in [0.2, 0.25) is 5.02 Å². The molecule has 2 aromatic rings. The Bertz CT molecular complexity index is 851. The van der Waals surface area contributed by atoms with Gasteiger partial charge < -0.3 is 10.1 Å². The number of aryl methyl sites for hydroxylation is 1. The van der Waals surface area contributed by atoms with E-state index in [2.05, 4.69) is 10.0 Å². The second-order valence-corrected chi connectivity index (χ2v) is 7.53. The Balaban J connectivity index is 1.90. The second kappa shape index (κ2) is 8.33. The van der Waals surface area contributed by atoms with E-state index in [4.69, 9.17) is 16.3 Å². The average molecular weight is 383 g/mol. The number of anilines is 1. The van der Waals surface area contributed by atoms with Crippen LogP contribution in [0.1, 0.15) is 12.0 Å². The van der Waals surface area contributed by atoms with Crippen LogP contribution >= 0.6 is 11.6 Å². The Hall–Kier alpha value is -2.09. The Labute approximate surface area is 152 Å². The van der Waals surface area contributed by atoms with Crippen LogP contribution in [0, 0.1) is 6.92 Å². The third kappa shape index (κ3) is 5.45. The first-order valence-corrected chi connectivity index (χ1v) is 9.37. The van der Waals surface area contributed by atoms with Gasteiger partial charge >= 0.3 is 0 Å². The first-order valence-electron chi connectivity index (χ1n) is 7.51. The molecule has 0 saturated carbocycles. The third-order valence-electron chi connectivity index (χ3n) is 3.49. The quantitative estimate of drug-likeness (QED) is 0.771. The molecule has 2 rings (SSSR count). The third-order valence-corrected chi connectivity index (χ3v) is 5.20. The van der Waals surface area contributed by atoms with Gasteiger partial charge in [0.2, 0.25) is 15.9 Å². The number of sulfonamides is 1. The Morgan fingerprint density at radius 3 is 2.48 bits per heavy atom. The summed E-state index contributed by atoms with van der Waals surface area (Å²) in [5.74, 6) is 0.262. The van der Waals surface area contributed by atoms with Crippen LogP contribution in [0.3, 0.4) is 0 Å². The number of carbonyl (C=O) groups is 1. The van der Waals surface area contributed by atoms with Crippen molar-refractivity contribution in [2.45, 2.75) is 18.2 Å². The first kappa shape index (κ1) is 19.2. The number of rotatable bonds is 7. The molecule has 2 aromatic carbocycles. The molecule has 0 bridgehead atoms. The van der Waals surface area contributed by atoms with E-state index in [1.54, 1.807) is 30.3 Å². The van der Waals surface area contributed by atoms with Gasteiger partial charge in [-0.3, -0.25) is 4.79 Å². The number of carbonyl (C=O) groups excluding carboxylic acids is 1. The van der Waals surface area contributed by atoms with Crippen molar-refractivity contribution in [1.29, 1.82) is 0 Å². The lowest BCUT2D eigenvalue weighted by atomic mass is 10.2. The summed E-state index contributed by atoms with van der Waals surface area (Å²) in [4.78, 5) is 12.1. The summed E-state index contributed by atoms with van der Waals surface area (Å²) in [5.41, 5.74) is 1.48. The van der Waals surface area contributed by atoms with Gasteiger partial charge in [-0.15, -0.1) is 0 Å². The van der Waals surface area contributed by atoms with Crippen molar-refractivity contribution in [3.63, 3.8) is 0 Å². The zero-order valence-corrected chi connectivity index (χ0v) is 15.4. The highest BCUT2D eigenvalue weighted by Gasteiger charge is 2.14. The van der Waals surface area contributed by atoms with Crippen LogP contribution in [0.5, 0.6) is 5.75 Å². The standard InChI is InChI=1S/C17H19ClN2O4S/c1-12-3-4-13(18)11-16(12)20-17(21)9-10-19-25(22,23)15-7-5-14(24-2)6-8-15/h3-8,11,19H,9-10H2,1-2H3,(H,20,21). The zero-order chi connectivity index (χ0) is 18.4. The van der Waals surface area contributed by atoms with E-state index in [1.807, 2.05) is 6.92 Å². The molecule has 0 unspecified atom stereocenters. The topological polar surface area (TPSA) is 84.5 Å². The number of benzene rings is 2. The fraction of sp³-hybridized carbons (Fsp3) is 0.235. The average Bonchev–Trinajstić information content (AvgIpc) is 2.58. The highest BCUT2D eigenvalue weighted by atomic mass is 35.5. The largest absolute Gasteiger partial charge is 0.497 e. The fourth-order valence-electron chi connectivity index (χ4n) is 2.08. The molecule has 0 heterocycles. The maximum absolute atomic E-state index is 12.2. The van der Waals surface area contributed by atoms with Gasteiger partial charge in [0.15, 0.2) is 0 Å². The van der Waals surface area contributed by atoms with Crippen molar-refractivity contribution in [2.75, 3.05) is 19.0 Å².